The minimum absolute atomic E-state index is 0.0484. The molecular formula is C21H15ClF3N5O2. The summed E-state index contributed by atoms with van der Waals surface area (Å²) in [6.07, 6.45) is -4.52. The topological polar surface area (TPSA) is 81.4 Å². The fraction of sp³-hybridized carbons (Fsp3) is 0.143. The number of rotatable bonds is 6. The third-order valence-electron chi connectivity index (χ3n) is 4.44. The maximum Gasteiger partial charge on any atom is 0.416 e. The minimum Gasteiger partial charge on any atom is -0.475 e. The highest BCUT2D eigenvalue weighted by Crippen LogP contribution is 2.29. The summed E-state index contributed by atoms with van der Waals surface area (Å²) in [5.74, 6) is 0.0516. The summed E-state index contributed by atoms with van der Waals surface area (Å²) in [6.45, 7) is 0.112. The van der Waals surface area contributed by atoms with E-state index < -0.39 is 17.6 Å². The van der Waals surface area contributed by atoms with E-state index in [1.807, 2.05) is 6.07 Å². The Morgan fingerprint density at radius 3 is 2.66 bits per heavy atom. The quantitative estimate of drug-likeness (QED) is 0.434. The van der Waals surface area contributed by atoms with Crippen LogP contribution in [0.1, 0.15) is 15.9 Å². The van der Waals surface area contributed by atoms with Crippen LogP contribution in [0.15, 0.2) is 60.7 Å². The van der Waals surface area contributed by atoms with Crippen molar-refractivity contribution >= 4 is 23.2 Å². The molecule has 2 aromatic heterocycles. The number of benzene rings is 2. The lowest BCUT2D eigenvalue weighted by Crippen LogP contribution is -2.28. The van der Waals surface area contributed by atoms with Crippen molar-refractivity contribution in [2.24, 2.45) is 0 Å². The van der Waals surface area contributed by atoms with Gasteiger partial charge in [0.15, 0.2) is 11.5 Å². The van der Waals surface area contributed by atoms with Gasteiger partial charge in [0.25, 0.3) is 5.91 Å². The van der Waals surface area contributed by atoms with Crippen LogP contribution in [0.5, 0.6) is 5.88 Å². The summed E-state index contributed by atoms with van der Waals surface area (Å²) >= 11 is 6.23. The number of carbonyl (C=O) groups is 1. The number of alkyl halides is 3. The van der Waals surface area contributed by atoms with Gasteiger partial charge in [0, 0.05) is 17.2 Å². The highest BCUT2D eigenvalue weighted by molar-refractivity contribution is 6.33. The average molecular weight is 462 g/mol. The van der Waals surface area contributed by atoms with Crippen LogP contribution in [0.25, 0.3) is 17.0 Å². The Morgan fingerprint density at radius 2 is 1.88 bits per heavy atom. The second-order valence-electron chi connectivity index (χ2n) is 6.63. The van der Waals surface area contributed by atoms with E-state index in [2.05, 4.69) is 20.6 Å². The van der Waals surface area contributed by atoms with E-state index in [4.69, 9.17) is 16.3 Å². The minimum atomic E-state index is -4.52. The smallest absolute Gasteiger partial charge is 0.416 e. The van der Waals surface area contributed by atoms with E-state index in [-0.39, 0.29) is 24.6 Å². The first-order valence-corrected chi connectivity index (χ1v) is 9.76. The maximum absolute atomic E-state index is 12.8. The Bertz CT molecular complexity index is 1280. The maximum atomic E-state index is 12.8. The van der Waals surface area contributed by atoms with Crippen LogP contribution >= 0.6 is 11.6 Å². The summed E-state index contributed by atoms with van der Waals surface area (Å²) in [7, 11) is 0. The van der Waals surface area contributed by atoms with E-state index in [1.54, 1.807) is 30.3 Å². The molecule has 0 atom stereocenters. The first kappa shape index (κ1) is 21.6. The van der Waals surface area contributed by atoms with Crippen LogP contribution in [0.4, 0.5) is 13.2 Å². The van der Waals surface area contributed by atoms with Crippen molar-refractivity contribution in [3.63, 3.8) is 0 Å². The van der Waals surface area contributed by atoms with Gasteiger partial charge in [-0.3, -0.25) is 4.79 Å². The lowest BCUT2D eigenvalue weighted by atomic mass is 10.1. The zero-order valence-electron chi connectivity index (χ0n) is 16.3. The van der Waals surface area contributed by atoms with Gasteiger partial charge in [-0.1, -0.05) is 29.8 Å². The Labute approximate surface area is 184 Å². The molecule has 0 bridgehead atoms. The number of halogens is 4. The van der Waals surface area contributed by atoms with Crippen LogP contribution in [-0.4, -0.2) is 38.9 Å². The predicted octanol–water partition coefficient (Wildman–Crippen LogP) is 4.27. The third-order valence-corrected chi connectivity index (χ3v) is 4.77. The number of fused-ring (bicyclic) bond motifs is 1. The molecule has 4 aromatic rings. The Morgan fingerprint density at radius 1 is 1.06 bits per heavy atom. The van der Waals surface area contributed by atoms with E-state index in [0.29, 0.717) is 22.1 Å². The fourth-order valence-corrected chi connectivity index (χ4v) is 3.14. The van der Waals surface area contributed by atoms with Gasteiger partial charge in [-0.15, -0.1) is 15.3 Å². The molecule has 11 heteroatoms. The lowest BCUT2D eigenvalue weighted by molar-refractivity contribution is -0.137. The van der Waals surface area contributed by atoms with Crippen LogP contribution in [0, 0.1) is 0 Å². The number of amides is 1. The van der Waals surface area contributed by atoms with Crippen molar-refractivity contribution in [3.05, 3.63) is 76.8 Å². The van der Waals surface area contributed by atoms with E-state index in [9.17, 15) is 18.0 Å². The number of nitrogens with one attached hydrogen (secondary N) is 1. The van der Waals surface area contributed by atoms with Crippen molar-refractivity contribution in [2.45, 2.75) is 6.18 Å². The van der Waals surface area contributed by atoms with Gasteiger partial charge >= 0.3 is 6.18 Å². The van der Waals surface area contributed by atoms with Crippen molar-refractivity contribution in [1.29, 1.82) is 0 Å². The van der Waals surface area contributed by atoms with Gasteiger partial charge in [0.1, 0.15) is 6.61 Å². The summed E-state index contributed by atoms with van der Waals surface area (Å²) < 4.78 is 45.4. The molecule has 2 heterocycles. The summed E-state index contributed by atoms with van der Waals surface area (Å²) in [5, 5.41) is 15.5. The zero-order chi connectivity index (χ0) is 22.7. The molecule has 0 aliphatic heterocycles. The highest BCUT2D eigenvalue weighted by atomic mass is 35.5. The largest absolute Gasteiger partial charge is 0.475 e. The van der Waals surface area contributed by atoms with Crippen molar-refractivity contribution in [3.8, 4) is 17.3 Å². The van der Waals surface area contributed by atoms with Crippen molar-refractivity contribution in [1.82, 2.24) is 25.1 Å². The van der Waals surface area contributed by atoms with E-state index in [0.717, 1.165) is 12.1 Å². The van der Waals surface area contributed by atoms with Gasteiger partial charge in [-0.05, 0) is 36.4 Å². The summed E-state index contributed by atoms with van der Waals surface area (Å²) in [4.78, 5) is 12.1. The Hall–Kier alpha value is -3.66. The van der Waals surface area contributed by atoms with Gasteiger partial charge in [0.05, 0.1) is 17.1 Å². The number of aromatic nitrogens is 4. The lowest BCUT2D eigenvalue weighted by Gasteiger charge is -2.10. The van der Waals surface area contributed by atoms with E-state index >= 15 is 0 Å². The van der Waals surface area contributed by atoms with Crippen LogP contribution < -0.4 is 10.1 Å². The molecule has 0 aliphatic rings. The molecule has 7 nitrogen and oxygen atoms in total. The van der Waals surface area contributed by atoms with Crippen LogP contribution in [0.3, 0.4) is 0 Å². The molecule has 164 valence electrons. The van der Waals surface area contributed by atoms with Crippen LogP contribution in [0.2, 0.25) is 5.02 Å². The first-order chi connectivity index (χ1) is 15.3. The zero-order valence-corrected chi connectivity index (χ0v) is 17.1. The molecule has 32 heavy (non-hydrogen) atoms. The normalized spacial score (nSPS) is 11.5. The molecular weight excluding hydrogens is 447 g/mol. The molecule has 0 fully saturated rings. The second-order valence-corrected chi connectivity index (χ2v) is 7.04. The second kappa shape index (κ2) is 8.83. The molecule has 1 N–H and O–H groups in total. The van der Waals surface area contributed by atoms with Gasteiger partial charge in [-0.2, -0.15) is 17.7 Å². The molecule has 0 saturated heterocycles. The summed E-state index contributed by atoms with van der Waals surface area (Å²) in [5.41, 5.74) is 0.167. The average Bonchev–Trinajstić information content (AvgIpc) is 3.19. The number of nitrogens with zero attached hydrogens (tertiary/aromatic N) is 4. The number of hydrogen-bond acceptors (Lipinski definition) is 5. The van der Waals surface area contributed by atoms with Gasteiger partial charge in [-0.25, -0.2) is 0 Å². The monoisotopic (exact) mass is 461 g/mol. The van der Waals surface area contributed by atoms with E-state index in [1.165, 1.54) is 16.6 Å². The molecule has 0 spiro atoms. The Balaban J connectivity index is 1.39. The van der Waals surface area contributed by atoms with Crippen molar-refractivity contribution < 1.29 is 22.7 Å². The number of carbonyl (C=O) groups excluding carboxylic acids is 1. The molecule has 0 saturated carbocycles. The Kier molecular flexibility index (Phi) is 5.95. The predicted molar refractivity (Wildman–Crippen MR) is 111 cm³/mol. The fourth-order valence-electron chi connectivity index (χ4n) is 2.92. The first-order valence-electron chi connectivity index (χ1n) is 9.38. The highest BCUT2D eigenvalue weighted by Gasteiger charge is 2.30. The van der Waals surface area contributed by atoms with Gasteiger partial charge in [0.2, 0.25) is 5.88 Å². The number of hydrogen-bond donors (Lipinski definition) is 1. The molecule has 0 aliphatic carbocycles. The SMILES string of the molecule is O=C(NCCOc1ccc2nnc(-c3ccccc3Cl)n2n1)c1cccc(C(F)(F)F)c1. The standard InChI is InChI=1S/C21H15ClF3N5O2/c22-16-7-2-1-6-15(16)19-28-27-17-8-9-18(29-30(17)19)32-11-10-26-20(31)13-4-3-5-14(12-13)21(23,24)25/h1-9,12H,10-11H2,(H,26,31). The summed E-state index contributed by atoms with van der Waals surface area (Å²) in [6, 6.07) is 14.6. The number of ether oxygens (including phenoxy) is 1. The third kappa shape index (κ3) is 4.65. The van der Waals surface area contributed by atoms with Gasteiger partial charge < -0.3 is 10.1 Å². The molecule has 4 rings (SSSR count). The van der Waals surface area contributed by atoms with Crippen molar-refractivity contribution in [2.75, 3.05) is 13.2 Å². The molecule has 0 unspecified atom stereocenters. The molecule has 0 radical (unpaired) electrons. The molecule has 1 amide bonds. The molecule has 2 aromatic carbocycles. The van der Waals surface area contributed by atoms with Crippen LogP contribution in [-0.2, 0) is 6.18 Å².